The van der Waals surface area contributed by atoms with Gasteiger partial charge in [-0.2, -0.15) is 0 Å². The van der Waals surface area contributed by atoms with Crippen LogP contribution in [0.4, 0.5) is 0 Å². The summed E-state index contributed by atoms with van der Waals surface area (Å²) in [6.07, 6.45) is 0. The molecule has 5 nitrogen and oxygen atoms in total. The number of fused-ring (bicyclic) bond motifs is 6. The molecule has 0 aliphatic rings. The second-order valence-corrected chi connectivity index (χ2v) is 13.5. The van der Waals surface area contributed by atoms with E-state index >= 15 is 0 Å². The molecule has 0 saturated carbocycles. The summed E-state index contributed by atoms with van der Waals surface area (Å²) in [7, 11) is 0. The van der Waals surface area contributed by atoms with Crippen LogP contribution in [0.25, 0.3) is 111 Å². The molecular weight excluding hydrogens is 687 g/mol. The minimum Gasteiger partial charge on any atom is -0.456 e. The minimum absolute atomic E-state index is 0.0159. The zero-order chi connectivity index (χ0) is 42.2. The molecule has 8 aromatic carbocycles. The molecule has 0 unspecified atom stereocenters. The number of rotatable bonds is 6. The Bertz CT molecular complexity index is 3570. The van der Waals surface area contributed by atoms with Crippen molar-refractivity contribution in [2.45, 2.75) is 0 Å². The third-order valence-corrected chi connectivity index (χ3v) is 10.1. The normalized spacial score (nSPS) is 13.1. The summed E-state index contributed by atoms with van der Waals surface area (Å²) >= 11 is 0. The molecule has 11 rings (SSSR count). The summed E-state index contributed by atoms with van der Waals surface area (Å²) in [4.78, 5) is 14.6. The van der Waals surface area contributed by atoms with Crippen molar-refractivity contribution in [3.8, 4) is 67.5 Å². The Balaban J connectivity index is 1.12. The molecule has 0 atom stereocenters. The Morgan fingerprint density at radius 2 is 0.893 bits per heavy atom. The number of para-hydroxylation sites is 1. The van der Waals surface area contributed by atoms with Gasteiger partial charge in [-0.1, -0.05) is 152 Å². The van der Waals surface area contributed by atoms with Gasteiger partial charge in [0.15, 0.2) is 17.5 Å². The monoisotopic (exact) mass is 723 g/mol. The number of furan rings is 2. The first kappa shape index (κ1) is 26.2. The quantitative estimate of drug-likeness (QED) is 0.171. The summed E-state index contributed by atoms with van der Waals surface area (Å²) in [5, 5.41) is 2.23. The molecule has 0 spiro atoms. The van der Waals surface area contributed by atoms with Crippen LogP contribution < -0.4 is 0 Å². The summed E-state index contributed by atoms with van der Waals surface area (Å²) in [6.45, 7) is 0. The number of nitrogens with zero attached hydrogens (tertiary/aromatic N) is 3. The summed E-state index contributed by atoms with van der Waals surface area (Å²) in [5.74, 6) is 0.538. The lowest BCUT2D eigenvalue weighted by Gasteiger charge is -2.09. The van der Waals surface area contributed by atoms with Gasteiger partial charge in [-0.25, -0.2) is 15.0 Å². The van der Waals surface area contributed by atoms with Crippen LogP contribution in [0.5, 0.6) is 0 Å². The number of hydrogen-bond acceptors (Lipinski definition) is 5. The molecule has 0 saturated heterocycles. The Hall–Kier alpha value is -7.63. The lowest BCUT2D eigenvalue weighted by Crippen LogP contribution is -2.00. The summed E-state index contributed by atoms with van der Waals surface area (Å²) < 4.78 is 67.7. The van der Waals surface area contributed by atoms with Crippen LogP contribution in [0.15, 0.2) is 197 Å². The lowest BCUT2D eigenvalue weighted by atomic mass is 9.96. The van der Waals surface area contributed by atoms with Gasteiger partial charge in [0.05, 0.1) is 8.22 Å². The second kappa shape index (κ2) is 13.0. The fourth-order valence-corrected chi connectivity index (χ4v) is 7.29. The van der Waals surface area contributed by atoms with Crippen LogP contribution in [-0.4, -0.2) is 15.0 Å². The predicted molar refractivity (Wildman–Crippen MR) is 227 cm³/mol. The first-order chi connectivity index (χ1) is 30.2. The Morgan fingerprint density at radius 1 is 0.357 bits per heavy atom. The largest absolute Gasteiger partial charge is 0.456 e. The van der Waals surface area contributed by atoms with E-state index < -0.39 is 0 Å². The third-order valence-electron chi connectivity index (χ3n) is 10.1. The maximum Gasteiger partial charge on any atom is 0.164 e. The zero-order valence-corrected chi connectivity index (χ0v) is 29.6. The van der Waals surface area contributed by atoms with Gasteiger partial charge < -0.3 is 8.83 Å². The SMILES string of the molecule is [2H]c1c([2H])c(-c2ccc(-c3ccccc3)cc2)c2c(oc3c([2H])c(-c4nc(-c5ccc(-c6ccccc6)cc5)nc(-c5ccc6c(c5)oc5ccccc56)n4)c([2H])c([2H])c32)c1[2H]. The summed E-state index contributed by atoms with van der Waals surface area (Å²) in [6, 6.07) is 46.8. The van der Waals surface area contributed by atoms with Gasteiger partial charge in [0.2, 0.25) is 0 Å². The minimum atomic E-state index is -0.352. The molecule has 56 heavy (non-hydrogen) atoms. The molecule has 0 aliphatic carbocycles. The molecule has 262 valence electrons. The van der Waals surface area contributed by atoms with Crippen LogP contribution >= 0.6 is 0 Å². The lowest BCUT2D eigenvalue weighted by molar-refractivity contribution is 0.668. The van der Waals surface area contributed by atoms with Crippen molar-refractivity contribution in [2.24, 2.45) is 0 Å². The van der Waals surface area contributed by atoms with Gasteiger partial charge in [-0.15, -0.1) is 0 Å². The fraction of sp³-hybridized carbons (Fsp3) is 0. The van der Waals surface area contributed by atoms with Crippen LogP contribution in [0.2, 0.25) is 0 Å². The highest BCUT2D eigenvalue weighted by Gasteiger charge is 2.18. The van der Waals surface area contributed by atoms with Crippen molar-refractivity contribution in [2.75, 3.05) is 0 Å². The first-order valence-corrected chi connectivity index (χ1v) is 18.2. The van der Waals surface area contributed by atoms with Crippen LogP contribution in [0, 0.1) is 0 Å². The van der Waals surface area contributed by atoms with Crippen molar-refractivity contribution >= 4 is 43.9 Å². The van der Waals surface area contributed by atoms with Gasteiger partial charge in [0.25, 0.3) is 0 Å². The molecular formula is C51H31N3O2. The van der Waals surface area contributed by atoms with E-state index in [9.17, 15) is 4.11 Å². The number of aromatic nitrogens is 3. The molecule has 3 aromatic heterocycles. The average molecular weight is 724 g/mol. The topological polar surface area (TPSA) is 65.0 Å². The van der Waals surface area contributed by atoms with Crippen molar-refractivity contribution in [3.63, 3.8) is 0 Å². The molecule has 0 N–H and O–H groups in total. The van der Waals surface area contributed by atoms with Gasteiger partial charge >= 0.3 is 0 Å². The predicted octanol–water partition coefficient (Wildman–Crippen LogP) is 13.7. The smallest absolute Gasteiger partial charge is 0.164 e. The standard InChI is InChI=1S/C51H31N3O2/c1-3-10-32(11-4-1)34-18-22-36(23-19-34)40-15-9-17-45-48(40)43-29-27-39(31-47(43)56-45)51-53-49(37-24-20-35(21-25-37)33-12-5-2-6-13-33)52-50(54-51)38-26-28-42-41-14-7-8-16-44(41)55-46(42)30-38/h1-31H/i9D,15D,17D,27D,29D,31D. The van der Waals surface area contributed by atoms with E-state index in [0.717, 1.165) is 38.6 Å². The van der Waals surface area contributed by atoms with Crippen molar-refractivity contribution < 1.29 is 17.1 Å². The van der Waals surface area contributed by atoms with E-state index in [1.807, 2.05) is 152 Å². The van der Waals surface area contributed by atoms with Crippen LogP contribution in [0.3, 0.4) is 0 Å². The van der Waals surface area contributed by atoms with E-state index in [1.165, 1.54) is 0 Å². The van der Waals surface area contributed by atoms with Crippen molar-refractivity contribution in [1.29, 1.82) is 0 Å². The maximum absolute atomic E-state index is 9.60. The molecule has 3 heterocycles. The Kier molecular flexibility index (Phi) is 6.10. The Morgan fingerprint density at radius 3 is 1.61 bits per heavy atom. The van der Waals surface area contributed by atoms with E-state index in [0.29, 0.717) is 22.3 Å². The van der Waals surface area contributed by atoms with E-state index in [2.05, 4.69) is 0 Å². The first-order valence-electron chi connectivity index (χ1n) is 21.2. The molecule has 0 aliphatic heterocycles. The molecule has 5 heteroatoms. The highest BCUT2D eigenvalue weighted by atomic mass is 16.3. The van der Waals surface area contributed by atoms with Crippen LogP contribution in [-0.2, 0) is 0 Å². The van der Waals surface area contributed by atoms with Crippen LogP contribution in [0.1, 0.15) is 8.22 Å². The van der Waals surface area contributed by atoms with Gasteiger partial charge in [0, 0.05) is 38.2 Å². The molecule has 0 fully saturated rings. The average Bonchev–Trinajstić information content (AvgIpc) is 3.90. The van der Waals surface area contributed by atoms with Gasteiger partial charge in [-0.05, 0) is 69.7 Å². The van der Waals surface area contributed by atoms with Crippen molar-refractivity contribution in [3.05, 3.63) is 188 Å². The highest BCUT2D eigenvalue weighted by molar-refractivity contribution is 6.13. The second-order valence-electron chi connectivity index (χ2n) is 13.5. The maximum atomic E-state index is 9.60. The van der Waals surface area contributed by atoms with E-state index in [4.69, 9.17) is 27.9 Å². The Labute approximate surface area is 330 Å². The zero-order valence-electron chi connectivity index (χ0n) is 35.6. The molecule has 11 aromatic rings. The van der Waals surface area contributed by atoms with Gasteiger partial charge in [0.1, 0.15) is 22.3 Å². The van der Waals surface area contributed by atoms with E-state index in [1.54, 1.807) is 0 Å². The molecule has 0 radical (unpaired) electrons. The van der Waals surface area contributed by atoms with E-state index in [-0.39, 0.29) is 86.8 Å². The van der Waals surface area contributed by atoms with Crippen molar-refractivity contribution in [1.82, 2.24) is 15.0 Å². The highest BCUT2D eigenvalue weighted by Crippen LogP contribution is 2.39. The molecule has 0 amide bonds. The fourth-order valence-electron chi connectivity index (χ4n) is 7.29. The third kappa shape index (κ3) is 5.53. The summed E-state index contributed by atoms with van der Waals surface area (Å²) in [5.41, 5.74) is 7.35. The molecule has 0 bridgehead atoms. The number of benzene rings is 8. The number of hydrogen-bond donors (Lipinski definition) is 0. The van der Waals surface area contributed by atoms with Gasteiger partial charge in [-0.3, -0.25) is 0 Å².